The van der Waals surface area contributed by atoms with E-state index in [2.05, 4.69) is 10.3 Å². The number of halogens is 3. The van der Waals surface area contributed by atoms with Crippen LogP contribution < -0.4 is 10.1 Å². The van der Waals surface area contributed by atoms with E-state index in [-0.39, 0.29) is 11.9 Å². The summed E-state index contributed by atoms with van der Waals surface area (Å²) in [5.41, 5.74) is 2.60. The molecule has 1 N–H and O–H groups in total. The molecule has 3 nitrogen and oxygen atoms in total. The zero-order valence-corrected chi connectivity index (χ0v) is 18.6. The summed E-state index contributed by atoms with van der Waals surface area (Å²) in [7, 11) is 0. The molecule has 0 radical (unpaired) electrons. The quantitative estimate of drug-likeness (QED) is 0.301. The van der Waals surface area contributed by atoms with E-state index >= 15 is 0 Å². The molecule has 1 aromatic heterocycles. The van der Waals surface area contributed by atoms with Crippen LogP contribution in [0.1, 0.15) is 25.0 Å². The molecule has 0 spiro atoms. The summed E-state index contributed by atoms with van der Waals surface area (Å²) in [6, 6.07) is 20.3. The fraction of sp³-hybridized carbons (Fsp3) is 0.160. The predicted molar refractivity (Wildman–Crippen MR) is 126 cm³/mol. The van der Waals surface area contributed by atoms with E-state index in [4.69, 9.17) is 27.9 Å². The van der Waals surface area contributed by atoms with Crippen molar-refractivity contribution >= 4 is 45.5 Å². The Morgan fingerprint density at radius 1 is 0.968 bits per heavy atom. The van der Waals surface area contributed by atoms with E-state index in [9.17, 15) is 4.39 Å². The first-order valence-electron chi connectivity index (χ1n) is 9.95. The average Bonchev–Trinajstić information content (AvgIpc) is 2.74. The van der Waals surface area contributed by atoms with Gasteiger partial charge in [-0.2, -0.15) is 0 Å². The van der Waals surface area contributed by atoms with Gasteiger partial charge in [0.25, 0.3) is 0 Å². The van der Waals surface area contributed by atoms with Crippen LogP contribution in [0.15, 0.2) is 66.7 Å². The second-order valence-corrected chi connectivity index (χ2v) is 8.31. The van der Waals surface area contributed by atoms with Crippen LogP contribution in [-0.2, 0) is 6.42 Å². The minimum absolute atomic E-state index is 0.111. The Balaban J connectivity index is 1.76. The third-order valence-electron chi connectivity index (χ3n) is 4.82. The van der Waals surface area contributed by atoms with Gasteiger partial charge in [-0.1, -0.05) is 59.6 Å². The molecule has 3 aromatic carbocycles. The molecular formula is C25H21Cl2FN2O. The van der Waals surface area contributed by atoms with Crippen LogP contribution in [0.5, 0.6) is 5.75 Å². The molecular weight excluding hydrogens is 434 g/mol. The van der Waals surface area contributed by atoms with E-state index in [1.807, 2.05) is 62.4 Å². The van der Waals surface area contributed by atoms with Crippen molar-refractivity contribution in [2.75, 3.05) is 5.32 Å². The maximum absolute atomic E-state index is 14.5. The molecule has 0 amide bonds. The van der Waals surface area contributed by atoms with Crippen LogP contribution in [0.4, 0.5) is 15.9 Å². The lowest BCUT2D eigenvalue weighted by Crippen LogP contribution is -2.07. The van der Waals surface area contributed by atoms with Crippen LogP contribution in [0.3, 0.4) is 0 Å². The molecule has 0 bridgehead atoms. The Morgan fingerprint density at radius 3 is 2.35 bits per heavy atom. The zero-order valence-electron chi connectivity index (χ0n) is 17.1. The smallest absolute Gasteiger partial charge is 0.167 e. The summed E-state index contributed by atoms with van der Waals surface area (Å²) in [5.74, 6) is 0.354. The van der Waals surface area contributed by atoms with Gasteiger partial charge >= 0.3 is 0 Å². The van der Waals surface area contributed by atoms with Crippen molar-refractivity contribution in [1.29, 1.82) is 0 Å². The first-order chi connectivity index (χ1) is 14.9. The molecule has 1 heterocycles. The predicted octanol–water partition coefficient (Wildman–Crippen LogP) is 7.80. The first-order valence-corrected chi connectivity index (χ1v) is 10.7. The Bertz CT molecular complexity index is 1230. The van der Waals surface area contributed by atoms with Gasteiger partial charge in [-0.15, -0.1) is 0 Å². The van der Waals surface area contributed by atoms with E-state index < -0.39 is 5.82 Å². The number of benzene rings is 3. The van der Waals surface area contributed by atoms with Crippen LogP contribution in [-0.4, -0.2) is 11.1 Å². The van der Waals surface area contributed by atoms with Gasteiger partial charge in [0.15, 0.2) is 11.6 Å². The SMILES string of the molecule is CC(C)Oc1ccc(Nc2nc(Cl)c3ccccc3c2Cc2ccc(Cl)cc2)cc1F. The van der Waals surface area contributed by atoms with Gasteiger partial charge in [0.2, 0.25) is 0 Å². The van der Waals surface area contributed by atoms with Crippen molar-refractivity contribution < 1.29 is 9.13 Å². The summed E-state index contributed by atoms with van der Waals surface area (Å²) in [4.78, 5) is 4.59. The van der Waals surface area contributed by atoms with Crippen molar-refractivity contribution in [3.63, 3.8) is 0 Å². The summed E-state index contributed by atoms with van der Waals surface area (Å²) in [5, 5.41) is 6.16. The van der Waals surface area contributed by atoms with Gasteiger partial charge in [-0.25, -0.2) is 9.37 Å². The van der Waals surface area contributed by atoms with Crippen molar-refractivity contribution in [2.24, 2.45) is 0 Å². The molecule has 0 aliphatic heterocycles. The number of ether oxygens (including phenoxy) is 1. The monoisotopic (exact) mass is 454 g/mol. The Hall–Kier alpha value is -2.82. The molecule has 0 saturated heterocycles. The number of hydrogen-bond acceptors (Lipinski definition) is 3. The third-order valence-corrected chi connectivity index (χ3v) is 5.36. The van der Waals surface area contributed by atoms with E-state index in [1.54, 1.807) is 12.1 Å². The molecule has 0 aliphatic carbocycles. The topological polar surface area (TPSA) is 34.1 Å². The van der Waals surface area contributed by atoms with E-state index in [0.29, 0.717) is 28.1 Å². The number of anilines is 2. The normalized spacial score (nSPS) is 11.2. The number of nitrogens with zero attached hydrogens (tertiary/aromatic N) is 1. The highest BCUT2D eigenvalue weighted by Crippen LogP contribution is 2.34. The van der Waals surface area contributed by atoms with Crippen molar-refractivity contribution in [1.82, 2.24) is 4.98 Å². The van der Waals surface area contributed by atoms with Crippen LogP contribution in [0.25, 0.3) is 10.8 Å². The third kappa shape index (κ3) is 4.92. The summed E-state index contributed by atoms with van der Waals surface area (Å²) in [6.45, 7) is 3.71. The molecule has 6 heteroatoms. The number of pyridine rings is 1. The highest BCUT2D eigenvalue weighted by Gasteiger charge is 2.15. The molecule has 4 aromatic rings. The molecule has 0 unspecified atom stereocenters. The van der Waals surface area contributed by atoms with Gasteiger partial charge in [-0.05, 0) is 49.1 Å². The fourth-order valence-electron chi connectivity index (χ4n) is 3.43. The van der Waals surface area contributed by atoms with Gasteiger partial charge in [-0.3, -0.25) is 0 Å². The summed E-state index contributed by atoms with van der Waals surface area (Å²) >= 11 is 12.5. The second-order valence-electron chi connectivity index (χ2n) is 7.52. The Labute approximate surface area is 190 Å². The maximum atomic E-state index is 14.5. The van der Waals surface area contributed by atoms with E-state index in [1.165, 1.54) is 6.07 Å². The van der Waals surface area contributed by atoms with E-state index in [0.717, 1.165) is 21.9 Å². The van der Waals surface area contributed by atoms with Crippen molar-refractivity contribution in [3.05, 3.63) is 93.8 Å². The average molecular weight is 455 g/mol. The summed E-state index contributed by atoms with van der Waals surface area (Å²) < 4.78 is 20.0. The van der Waals surface area contributed by atoms with Crippen molar-refractivity contribution in [3.8, 4) is 5.75 Å². The molecule has 0 atom stereocenters. The standard InChI is InChI=1S/C25H21Cl2FN2O/c1-15(2)31-23-12-11-18(14-22(23)28)29-25-21(13-16-7-9-17(26)10-8-16)19-5-3-4-6-20(19)24(27)30-25/h3-12,14-15H,13H2,1-2H3,(H,29,30). The lowest BCUT2D eigenvalue weighted by molar-refractivity contribution is 0.231. The molecule has 31 heavy (non-hydrogen) atoms. The van der Waals surface area contributed by atoms with Crippen molar-refractivity contribution in [2.45, 2.75) is 26.4 Å². The number of aromatic nitrogens is 1. The highest BCUT2D eigenvalue weighted by molar-refractivity contribution is 6.34. The van der Waals surface area contributed by atoms with Gasteiger partial charge in [0.1, 0.15) is 11.0 Å². The van der Waals surface area contributed by atoms with Crippen LogP contribution >= 0.6 is 23.2 Å². The van der Waals surface area contributed by atoms with Gasteiger partial charge < -0.3 is 10.1 Å². The number of rotatable bonds is 6. The minimum atomic E-state index is -0.440. The van der Waals surface area contributed by atoms with Crippen LogP contribution in [0.2, 0.25) is 10.2 Å². The maximum Gasteiger partial charge on any atom is 0.167 e. The largest absolute Gasteiger partial charge is 0.488 e. The van der Waals surface area contributed by atoms with Gasteiger partial charge in [0.05, 0.1) is 6.10 Å². The Kier molecular flexibility index (Phi) is 6.30. The second kappa shape index (κ2) is 9.13. The minimum Gasteiger partial charge on any atom is -0.488 e. The fourth-order valence-corrected chi connectivity index (χ4v) is 3.81. The number of nitrogens with one attached hydrogen (secondary N) is 1. The van der Waals surface area contributed by atoms with Crippen LogP contribution in [0, 0.1) is 5.82 Å². The molecule has 0 saturated carbocycles. The number of fused-ring (bicyclic) bond motifs is 1. The zero-order chi connectivity index (χ0) is 22.0. The highest BCUT2D eigenvalue weighted by atomic mass is 35.5. The van der Waals surface area contributed by atoms with Gasteiger partial charge in [0, 0.05) is 34.1 Å². The Morgan fingerprint density at radius 2 is 1.68 bits per heavy atom. The molecule has 4 rings (SSSR count). The molecule has 0 aliphatic rings. The summed E-state index contributed by atoms with van der Waals surface area (Å²) in [6.07, 6.45) is 0.501. The lowest BCUT2D eigenvalue weighted by atomic mass is 9.99. The molecule has 0 fully saturated rings. The number of hydrogen-bond donors (Lipinski definition) is 1. The first kappa shape index (κ1) is 21.4. The molecule has 158 valence electrons. The lowest BCUT2D eigenvalue weighted by Gasteiger charge is -2.16.